The summed E-state index contributed by atoms with van der Waals surface area (Å²) in [5, 5.41) is 12.0. The van der Waals surface area contributed by atoms with Crippen LogP contribution in [0.5, 0.6) is 0 Å². The molecule has 0 spiro atoms. The van der Waals surface area contributed by atoms with Crippen LogP contribution >= 0.6 is 11.3 Å². The van der Waals surface area contributed by atoms with Crippen LogP contribution in [0.3, 0.4) is 0 Å². The molecule has 0 aliphatic heterocycles. The van der Waals surface area contributed by atoms with E-state index in [2.05, 4.69) is 16.5 Å². The number of aliphatic hydroxyl groups is 1. The molecule has 0 bridgehead atoms. The molecule has 86 valence electrons. The third-order valence-corrected chi connectivity index (χ3v) is 3.49. The van der Waals surface area contributed by atoms with Gasteiger partial charge in [-0.2, -0.15) is 0 Å². The number of aryl methyl sites for hydroxylation is 1. The molecule has 0 saturated heterocycles. The lowest BCUT2D eigenvalue weighted by Crippen LogP contribution is -2.07. The second-order valence-electron chi connectivity index (χ2n) is 3.77. The Morgan fingerprint density at radius 1 is 1.56 bits per heavy atom. The molecule has 0 aliphatic rings. The number of nitrogens with zero attached hydrogens (tertiary/aromatic N) is 2. The van der Waals surface area contributed by atoms with Gasteiger partial charge in [0.15, 0.2) is 0 Å². The molecule has 1 atom stereocenters. The van der Waals surface area contributed by atoms with Gasteiger partial charge in [0.2, 0.25) is 0 Å². The van der Waals surface area contributed by atoms with E-state index in [1.807, 2.05) is 23.7 Å². The Labute approximate surface area is 99.4 Å². The molecule has 3 nitrogen and oxygen atoms in total. The first-order valence-electron chi connectivity index (χ1n) is 5.52. The smallest absolute Gasteiger partial charge is 0.111 e. The van der Waals surface area contributed by atoms with E-state index in [0.29, 0.717) is 6.42 Å². The molecule has 0 saturated carbocycles. The number of hydrogen-bond donors (Lipinski definition) is 1. The van der Waals surface area contributed by atoms with Crippen LogP contribution in [-0.2, 0) is 13.0 Å². The van der Waals surface area contributed by atoms with E-state index in [4.69, 9.17) is 0 Å². The van der Waals surface area contributed by atoms with Crippen molar-refractivity contribution in [1.82, 2.24) is 9.55 Å². The van der Waals surface area contributed by atoms with Crippen LogP contribution in [0.15, 0.2) is 29.9 Å². The van der Waals surface area contributed by atoms with Crippen molar-refractivity contribution < 1.29 is 5.11 Å². The highest BCUT2D eigenvalue weighted by molar-refractivity contribution is 7.10. The molecule has 16 heavy (non-hydrogen) atoms. The largest absolute Gasteiger partial charge is 0.387 e. The topological polar surface area (TPSA) is 38.0 Å². The molecule has 0 aliphatic carbocycles. The Morgan fingerprint density at radius 2 is 2.44 bits per heavy atom. The molecule has 0 fully saturated rings. The minimum Gasteiger partial charge on any atom is -0.387 e. The zero-order chi connectivity index (χ0) is 11.4. The molecule has 0 aromatic carbocycles. The van der Waals surface area contributed by atoms with E-state index in [1.54, 1.807) is 17.5 Å². The minimum absolute atomic E-state index is 0.432. The van der Waals surface area contributed by atoms with Gasteiger partial charge >= 0.3 is 0 Å². The normalized spacial score (nSPS) is 12.9. The predicted octanol–water partition coefficient (Wildman–Crippen LogP) is 2.63. The summed E-state index contributed by atoms with van der Waals surface area (Å²) < 4.78 is 2.11. The second-order valence-corrected chi connectivity index (χ2v) is 4.75. The van der Waals surface area contributed by atoms with E-state index in [1.165, 1.54) is 0 Å². The number of rotatable bonds is 5. The van der Waals surface area contributed by atoms with Crippen molar-refractivity contribution in [3.63, 3.8) is 0 Å². The molecule has 1 unspecified atom stereocenters. The highest BCUT2D eigenvalue weighted by Gasteiger charge is 2.12. The first-order valence-corrected chi connectivity index (χ1v) is 6.40. The third-order valence-electron chi connectivity index (χ3n) is 2.51. The van der Waals surface area contributed by atoms with Crippen molar-refractivity contribution in [2.24, 2.45) is 0 Å². The maximum atomic E-state index is 10.0. The van der Waals surface area contributed by atoms with Crippen molar-refractivity contribution in [3.05, 3.63) is 40.6 Å². The zero-order valence-corrected chi connectivity index (χ0v) is 10.2. The van der Waals surface area contributed by atoms with Crippen LogP contribution in [0, 0.1) is 0 Å². The molecular formula is C12H16N2OS. The minimum atomic E-state index is -0.432. The standard InChI is InChI=1S/C12H16N2OS/c1-2-6-14-7-5-13-12(14)9-10(15)11-4-3-8-16-11/h3-5,7-8,10,15H,2,6,9H2,1H3. The number of thiophene rings is 1. The first-order chi connectivity index (χ1) is 7.81. The van der Waals surface area contributed by atoms with Crippen LogP contribution < -0.4 is 0 Å². The summed E-state index contributed by atoms with van der Waals surface area (Å²) in [5.74, 6) is 0.961. The highest BCUT2D eigenvalue weighted by atomic mass is 32.1. The van der Waals surface area contributed by atoms with E-state index in [0.717, 1.165) is 23.7 Å². The predicted molar refractivity (Wildman–Crippen MR) is 65.5 cm³/mol. The van der Waals surface area contributed by atoms with Gasteiger partial charge in [-0.25, -0.2) is 4.98 Å². The zero-order valence-electron chi connectivity index (χ0n) is 9.34. The Kier molecular flexibility index (Phi) is 3.74. The van der Waals surface area contributed by atoms with Crippen molar-refractivity contribution in [2.45, 2.75) is 32.4 Å². The summed E-state index contributed by atoms with van der Waals surface area (Å²) in [6, 6.07) is 3.92. The van der Waals surface area contributed by atoms with Gasteiger partial charge in [0.1, 0.15) is 5.82 Å². The monoisotopic (exact) mass is 236 g/mol. The van der Waals surface area contributed by atoms with Crippen molar-refractivity contribution in [3.8, 4) is 0 Å². The lowest BCUT2D eigenvalue weighted by molar-refractivity contribution is 0.178. The maximum absolute atomic E-state index is 10.0. The summed E-state index contributed by atoms with van der Waals surface area (Å²) in [5.41, 5.74) is 0. The van der Waals surface area contributed by atoms with Gasteiger partial charge in [0.05, 0.1) is 6.10 Å². The van der Waals surface area contributed by atoms with E-state index >= 15 is 0 Å². The average molecular weight is 236 g/mol. The Morgan fingerprint density at radius 3 is 3.12 bits per heavy atom. The lowest BCUT2D eigenvalue weighted by Gasteiger charge is -2.10. The molecule has 2 aromatic rings. The third kappa shape index (κ3) is 2.51. The lowest BCUT2D eigenvalue weighted by atomic mass is 10.2. The molecule has 2 heterocycles. The SMILES string of the molecule is CCCn1ccnc1CC(O)c1cccs1. The molecule has 2 rings (SSSR count). The Bertz CT molecular complexity index is 422. The molecular weight excluding hydrogens is 220 g/mol. The van der Waals surface area contributed by atoms with Crippen molar-refractivity contribution in [2.75, 3.05) is 0 Å². The maximum Gasteiger partial charge on any atom is 0.111 e. The van der Waals surface area contributed by atoms with Crippen LogP contribution in [0.1, 0.15) is 30.2 Å². The van der Waals surface area contributed by atoms with Gasteiger partial charge in [0, 0.05) is 30.2 Å². The van der Waals surface area contributed by atoms with Crippen LogP contribution in [0.4, 0.5) is 0 Å². The van der Waals surface area contributed by atoms with Gasteiger partial charge in [-0.05, 0) is 17.9 Å². The fraction of sp³-hybridized carbons (Fsp3) is 0.417. The number of imidazole rings is 1. The van der Waals surface area contributed by atoms with Gasteiger partial charge in [-0.15, -0.1) is 11.3 Å². The summed E-state index contributed by atoms with van der Waals surface area (Å²) in [6.07, 6.45) is 5.01. The van der Waals surface area contributed by atoms with Crippen LogP contribution in [0.25, 0.3) is 0 Å². The van der Waals surface area contributed by atoms with Crippen molar-refractivity contribution >= 4 is 11.3 Å². The van der Waals surface area contributed by atoms with Gasteiger partial charge in [0.25, 0.3) is 0 Å². The highest BCUT2D eigenvalue weighted by Crippen LogP contribution is 2.22. The molecule has 4 heteroatoms. The Hall–Kier alpha value is -1.13. The fourth-order valence-corrected chi connectivity index (χ4v) is 2.44. The summed E-state index contributed by atoms with van der Waals surface area (Å²) >= 11 is 1.59. The van der Waals surface area contributed by atoms with Gasteiger partial charge in [-0.1, -0.05) is 13.0 Å². The Balaban J connectivity index is 2.06. The number of aliphatic hydroxyl groups excluding tert-OH is 1. The fourth-order valence-electron chi connectivity index (χ4n) is 1.73. The van der Waals surface area contributed by atoms with E-state index < -0.39 is 6.10 Å². The number of hydrogen-bond acceptors (Lipinski definition) is 3. The molecule has 1 N–H and O–H groups in total. The quantitative estimate of drug-likeness (QED) is 0.866. The van der Waals surface area contributed by atoms with Crippen LogP contribution in [0.2, 0.25) is 0 Å². The molecule has 2 aromatic heterocycles. The van der Waals surface area contributed by atoms with E-state index in [9.17, 15) is 5.11 Å². The van der Waals surface area contributed by atoms with E-state index in [-0.39, 0.29) is 0 Å². The van der Waals surface area contributed by atoms with Gasteiger partial charge < -0.3 is 9.67 Å². The summed E-state index contributed by atoms with van der Waals surface area (Å²) in [6.45, 7) is 3.10. The van der Waals surface area contributed by atoms with Crippen LogP contribution in [-0.4, -0.2) is 14.7 Å². The summed E-state index contributed by atoms with van der Waals surface area (Å²) in [7, 11) is 0. The first kappa shape index (κ1) is 11.4. The number of aromatic nitrogens is 2. The molecule has 0 amide bonds. The molecule has 0 radical (unpaired) electrons. The average Bonchev–Trinajstić information content (AvgIpc) is 2.90. The van der Waals surface area contributed by atoms with Gasteiger partial charge in [-0.3, -0.25) is 0 Å². The van der Waals surface area contributed by atoms with Crippen molar-refractivity contribution in [1.29, 1.82) is 0 Å². The second kappa shape index (κ2) is 5.27. The summed E-state index contributed by atoms with van der Waals surface area (Å²) in [4.78, 5) is 5.30.